The zero-order valence-corrected chi connectivity index (χ0v) is 12.1. The first-order valence-electron chi connectivity index (χ1n) is 7.82. The molecule has 0 spiro atoms. The molecule has 1 heterocycles. The Balaban J connectivity index is 2.18. The molecule has 2 atom stereocenters. The van der Waals surface area contributed by atoms with Gasteiger partial charge in [-0.05, 0) is 64.3 Å². The second-order valence-electron chi connectivity index (χ2n) is 5.44. The first-order chi connectivity index (χ1) is 8.86. The van der Waals surface area contributed by atoms with Crippen molar-refractivity contribution in [2.24, 2.45) is 0 Å². The predicted molar refractivity (Wildman–Crippen MR) is 79.0 cm³/mol. The summed E-state index contributed by atoms with van der Waals surface area (Å²) in [5.41, 5.74) is 0. The van der Waals surface area contributed by atoms with Gasteiger partial charge in [0.25, 0.3) is 0 Å². The van der Waals surface area contributed by atoms with Crippen LogP contribution in [0.25, 0.3) is 0 Å². The van der Waals surface area contributed by atoms with Crippen LogP contribution in [0.5, 0.6) is 0 Å². The van der Waals surface area contributed by atoms with Crippen molar-refractivity contribution in [3.8, 4) is 0 Å². The average molecular weight is 253 g/mol. The summed E-state index contributed by atoms with van der Waals surface area (Å²) >= 11 is 0. The lowest BCUT2D eigenvalue weighted by molar-refractivity contribution is 0.00842. The van der Waals surface area contributed by atoms with Crippen LogP contribution in [0.3, 0.4) is 0 Å². The van der Waals surface area contributed by atoms with Gasteiger partial charge in [-0.15, -0.1) is 6.58 Å². The van der Waals surface area contributed by atoms with Crippen LogP contribution in [-0.4, -0.2) is 25.3 Å². The van der Waals surface area contributed by atoms with Crippen LogP contribution in [0, 0.1) is 0 Å². The minimum absolute atomic E-state index is 0.532. The number of ether oxygens (including phenoxy) is 1. The number of hydrogen-bond acceptors (Lipinski definition) is 2. The fourth-order valence-electron chi connectivity index (χ4n) is 2.63. The van der Waals surface area contributed by atoms with Crippen molar-refractivity contribution in [2.75, 3.05) is 13.2 Å². The van der Waals surface area contributed by atoms with E-state index >= 15 is 0 Å². The summed E-state index contributed by atoms with van der Waals surface area (Å²) in [5.74, 6) is 0. The first kappa shape index (κ1) is 15.7. The Morgan fingerprint density at radius 2 is 2.28 bits per heavy atom. The van der Waals surface area contributed by atoms with Gasteiger partial charge in [-0.25, -0.2) is 0 Å². The molecule has 0 aromatic carbocycles. The SMILES string of the molecule is C=CCCCC(CCC1CCCCO1)NCCC. The smallest absolute Gasteiger partial charge is 0.0575 e. The Labute approximate surface area is 113 Å². The molecule has 0 amide bonds. The van der Waals surface area contributed by atoms with Crippen molar-refractivity contribution in [3.63, 3.8) is 0 Å². The molecule has 1 aliphatic rings. The Morgan fingerprint density at radius 1 is 1.39 bits per heavy atom. The largest absolute Gasteiger partial charge is 0.378 e. The molecule has 0 radical (unpaired) electrons. The summed E-state index contributed by atoms with van der Waals surface area (Å²) in [6.07, 6.45) is 13.8. The average Bonchev–Trinajstić information content (AvgIpc) is 2.42. The maximum absolute atomic E-state index is 5.81. The number of hydrogen-bond donors (Lipinski definition) is 1. The summed E-state index contributed by atoms with van der Waals surface area (Å²) < 4.78 is 5.81. The van der Waals surface area contributed by atoms with E-state index in [0.717, 1.165) is 19.6 Å². The van der Waals surface area contributed by atoms with Gasteiger partial charge in [-0.2, -0.15) is 0 Å². The molecule has 2 nitrogen and oxygen atoms in total. The normalized spacial score (nSPS) is 21.7. The maximum atomic E-state index is 5.81. The molecular weight excluding hydrogens is 222 g/mol. The molecule has 1 rings (SSSR count). The van der Waals surface area contributed by atoms with Crippen LogP contribution < -0.4 is 5.32 Å². The van der Waals surface area contributed by atoms with Gasteiger partial charge < -0.3 is 10.1 Å². The van der Waals surface area contributed by atoms with Crippen molar-refractivity contribution in [1.82, 2.24) is 5.32 Å². The van der Waals surface area contributed by atoms with E-state index in [-0.39, 0.29) is 0 Å². The van der Waals surface area contributed by atoms with Gasteiger partial charge in [0.05, 0.1) is 6.10 Å². The van der Waals surface area contributed by atoms with Crippen molar-refractivity contribution in [3.05, 3.63) is 12.7 Å². The van der Waals surface area contributed by atoms with Crippen LogP contribution in [0.1, 0.15) is 64.7 Å². The molecule has 106 valence electrons. The maximum Gasteiger partial charge on any atom is 0.0575 e. The van der Waals surface area contributed by atoms with E-state index in [1.54, 1.807) is 0 Å². The van der Waals surface area contributed by atoms with E-state index in [0.29, 0.717) is 12.1 Å². The van der Waals surface area contributed by atoms with Crippen LogP contribution in [0.15, 0.2) is 12.7 Å². The lowest BCUT2D eigenvalue weighted by Gasteiger charge is -2.25. The molecule has 2 heteroatoms. The van der Waals surface area contributed by atoms with Crippen molar-refractivity contribution in [2.45, 2.75) is 76.9 Å². The third kappa shape index (κ3) is 7.17. The van der Waals surface area contributed by atoms with E-state index in [4.69, 9.17) is 4.74 Å². The van der Waals surface area contributed by atoms with E-state index in [9.17, 15) is 0 Å². The molecule has 0 bridgehead atoms. The highest BCUT2D eigenvalue weighted by Gasteiger charge is 2.16. The molecule has 1 aliphatic heterocycles. The van der Waals surface area contributed by atoms with E-state index in [2.05, 4.69) is 18.8 Å². The first-order valence-corrected chi connectivity index (χ1v) is 7.82. The molecular formula is C16H31NO. The van der Waals surface area contributed by atoms with Crippen molar-refractivity contribution < 1.29 is 4.74 Å². The summed E-state index contributed by atoms with van der Waals surface area (Å²) in [6, 6.07) is 0.676. The van der Waals surface area contributed by atoms with Gasteiger partial charge in [0.2, 0.25) is 0 Å². The second-order valence-corrected chi connectivity index (χ2v) is 5.44. The van der Waals surface area contributed by atoms with Gasteiger partial charge in [0.1, 0.15) is 0 Å². The lowest BCUT2D eigenvalue weighted by atomic mass is 9.98. The molecule has 18 heavy (non-hydrogen) atoms. The minimum Gasteiger partial charge on any atom is -0.378 e. The topological polar surface area (TPSA) is 21.3 Å². The molecule has 1 fully saturated rings. The summed E-state index contributed by atoms with van der Waals surface area (Å²) in [6.45, 7) is 8.16. The Bertz CT molecular complexity index is 199. The molecule has 1 N–H and O–H groups in total. The van der Waals surface area contributed by atoms with Crippen LogP contribution in [0.4, 0.5) is 0 Å². The summed E-state index contributed by atoms with van der Waals surface area (Å²) in [5, 5.41) is 3.68. The van der Waals surface area contributed by atoms with Gasteiger partial charge in [-0.3, -0.25) is 0 Å². The standard InChI is InChI=1S/C16H31NO/c1-3-5-6-9-15(17-13-4-2)11-12-16-10-7-8-14-18-16/h3,15-17H,1,4-14H2,2H3. The number of unbranched alkanes of at least 4 members (excludes halogenated alkanes) is 1. The third-order valence-electron chi connectivity index (χ3n) is 3.75. The molecule has 1 saturated heterocycles. The molecule has 2 unspecified atom stereocenters. The van der Waals surface area contributed by atoms with Crippen molar-refractivity contribution >= 4 is 0 Å². The Kier molecular flexibility index (Phi) is 9.23. The fraction of sp³-hybridized carbons (Fsp3) is 0.875. The van der Waals surface area contributed by atoms with Gasteiger partial charge in [-0.1, -0.05) is 13.0 Å². The lowest BCUT2D eigenvalue weighted by Crippen LogP contribution is -2.31. The van der Waals surface area contributed by atoms with Crippen LogP contribution in [0.2, 0.25) is 0 Å². The fourth-order valence-corrected chi connectivity index (χ4v) is 2.63. The number of rotatable bonds is 10. The monoisotopic (exact) mass is 253 g/mol. The molecule has 0 aliphatic carbocycles. The van der Waals surface area contributed by atoms with E-state index < -0.39 is 0 Å². The van der Waals surface area contributed by atoms with Gasteiger partial charge in [0.15, 0.2) is 0 Å². The Morgan fingerprint density at radius 3 is 2.94 bits per heavy atom. The minimum atomic E-state index is 0.532. The Hall–Kier alpha value is -0.340. The van der Waals surface area contributed by atoms with Crippen molar-refractivity contribution in [1.29, 1.82) is 0 Å². The summed E-state index contributed by atoms with van der Waals surface area (Å²) in [4.78, 5) is 0. The highest BCUT2D eigenvalue weighted by atomic mass is 16.5. The highest BCUT2D eigenvalue weighted by molar-refractivity contribution is 4.74. The molecule has 0 aromatic heterocycles. The molecule has 0 aromatic rings. The zero-order chi connectivity index (χ0) is 13.1. The number of nitrogens with one attached hydrogen (secondary N) is 1. The van der Waals surface area contributed by atoms with E-state index in [1.807, 2.05) is 6.08 Å². The zero-order valence-electron chi connectivity index (χ0n) is 12.1. The van der Waals surface area contributed by atoms with Gasteiger partial charge >= 0.3 is 0 Å². The number of allylic oxidation sites excluding steroid dienone is 1. The summed E-state index contributed by atoms with van der Waals surface area (Å²) in [7, 11) is 0. The van der Waals surface area contributed by atoms with Crippen LogP contribution >= 0.6 is 0 Å². The second kappa shape index (κ2) is 10.6. The predicted octanol–water partition coefficient (Wildman–Crippen LogP) is 4.06. The van der Waals surface area contributed by atoms with E-state index in [1.165, 1.54) is 51.4 Å². The van der Waals surface area contributed by atoms with Gasteiger partial charge in [0, 0.05) is 12.6 Å². The third-order valence-corrected chi connectivity index (χ3v) is 3.75. The highest BCUT2D eigenvalue weighted by Crippen LogP contribution is 2.19. The quantitative estimate of drug-likeness (QED) is 0.468. The van der Waals surface area contributed by atoms with Crippen LogP contribution in [-0.2, 0) is 4.74 Å². The molecule has 0 saturated carbocycles.